The molecule has 30 heavy (non-hydrogen) atoms. The van der Waals surface area contributed by atoms with Crippen LogP contribution in [0.1, 0.15) is 35.2 Å². The summed E-state index contributed by atoms with van der Waals surface area (Å²) in [6.07, 6.45) is 5.89. The molecule has 2 aromatic rings. The number of nitrogens with zero attached hydrogens (tertiary/aromatic N) is 4. The Balaban J connectivity index is 0.00000256. The van der Waals surface area contributed by atoms with Crippen molar-refractivity contribution in [2.75, 3.05) is 39.3 Å². The van der Waals surface area contributed by atoms with Gasteiger partial charge in [-0.2, -0.15) is 5.10 Å². The van der Waals surface area contributed by atoms with E-state index in [0.29, 0.717) is 26.2 Å². The summed E-state index contributed by atoms with van der Waals surface area (Å²) in [5.74, 6) is 0.180. The molecule has 2 fully saturated rings. The molecule has 2 aliphatic rings. The van der Waals surface area contributed by atoms with Crippen LogP contribution in [0.5, 0.6) is 0 Å². The summed E-state index contributed by atoms with van der Waals surface area (Å²) in [6.45, 7) is 6.07. The van der Waals surface area contributed by atoms with Crippen LogP contribution in [0.25, 0.3) is 0 Å². The molecule has 0 atom stereocenters. The van der Waals surface area contributed by atoms with Crippen molar-refractivity contribution >= 4 is 24.2 Å². The average molecular weight is 432 g/mol. The van der Waals surface area contributed by atoms with Crippen LogP contribution in [-0.4, -0.2) is 70.7 Å². The molecule has 2 aliphatic heterocycles. The van der Waals surface area contributed by atoms with Gasteiger partial charge in [-0.3, -0.25) is 14.3 Å². The third-order valence-electron chi connectivity index (χ3n) is 6.11. The molecular weight excluding hydrogens is 402 g/mol. The molecular formula is C22H30ClN5O2. The third kappa shape index (κ3) is 4.37. The Hall–Kier alpha value is -2.38. The van der Waals surface area contributed by atoms with Gasteiger partial charge < -0.3 is 15.1 Å². The highest BCUT2D eigenvalue weighted by Gasteiger charge is 2.44. The summed E-state index contributed by atoms with van der Waals surface area (Å²) >= 11 is 0. The number of carbonyl (C=O) groups is 2. The molecule has 7 nitrogen and oxygen atoms in total. The Morgan fingerprint density at radius 3 is 2.47 bits per heavy atom. The van der Waals surface area contributed by atoms with Crippen molar-refractivity contribution in [2.45, 2.75) is 31.7 Å². The number of carbonyl (C=O) groups excluding carboxylic acids is 2. The van der Waals surface area contributed by atoms with Crippen LogP contribution in [0.15, 0.2) is 42.7 Å². The largest absolute Gasteiger partial charge is 0.339 e. The lowest BCUT2D eigenvalue weighted by atomic mass is 9.86. The number of piperidine rings is 1. The predicted octanol–water partition coefficient (Wildman–Crippen LogP) is 2.07. The lowest BCUT2D eigenvalue weighted by molar-refractivity contribution is -0.143. The van der Waals surface area contributed by atoms with Gasteiger partial charge in [0.05, 0.1) is 0 Å². The van der Waals surface area contributed by atoms with E-state index in [2.05, 4.69) is 10.4 Å². The molecule has 8 heteroatoms. The molecule has 1 aromatic heterocycles. The fraction of sp³-hybridized carbons (Fsp3) is 0.500. The third-order valence-corrected chi connectivity index (χ3v) is 6.11. The number of aromatic nitrogens is 2. The van der Waals surface area contributed by atoms with Gasteiger partial charge in [-0.15, -0.1) is 12.4 Å². The normalized spacial score (nSPS) is 19.0. The van der Waals surface area contributed by atoms with Gasteiger partial charge in [-0.05, 0) is 57.5 Å². The van der Waals surface area contributed by atoms with Crippen molar-refractivity contribution in [3.05, 3.63) is 53.9 Å². The monoisotopic (exact) mass is 431 g/mol. The minimum Gasteiger partial charge on any atom is -0.339 e. The second-order valence-electron chi connectivity index (χ2n) is 8.04. The Labute approximate surface area is 183 Å². The SMILES string of the molecule is Cc1cccc(C(=O)N2CCCN(C(=O)C3(n4cccn4)CCNCC3)CC2)c1.Cl. The first-order chi connectivity index (χ1) is 14.1. The second kappa shape index (κ2) is 9.62. The number of nitrogens with one attached hydrogen (secondary N) is 1. The van der Waals surface area contributed by atoms with Gasteiger partial charge in [0.2, 0.25) is 0 Å². The van der Waals surface area contributed by atoms with Gasteiger partial charge in [0.1, 0.15) is 5.54 Å². The minimum atomic E-state index is -0.621. The Morgan fingerprint density at radius 1 is 1.03 bits per heavy atom. The van der Waals surface area contributed by atoms with E-state index in [0.717, 1.165) is 43.5 Å². The average Bonchev–Trinajstić information content (AvgIpc) is 3.19. The molecule has 0 spiro atoms. The Kier molecular flexibility index (Phi) is 7.15. The van der Waals surface area contributed by atoms with Crippen molar-refractivity contribution in [2.24, 2.45) is 0 Å². The summed E-state index contributed by atoms with van der Waals surface area (Å²) < 4.78 is 1.84. The first kappa shape index (κ1) is 22.3. The summed E-state index contributed by atoms with van der Waals surface area (Å²) in [5.41, 5.74) is 1.18. The molecule has 0 saturated carbocycles. The van der Waals surface area contributed by atoms with Crippen LogP contribution in [0.2, 0.25) is 0 Å². The van der Waals surface area contributed by atoms with Crippen LogP contribution in [0, 0.1) is 6.92 Å². The lowest BCUT2D eigenvalue weighted by Gasteiger charge is -2.40. The van der Waals surface area contributed by atoms with Crippen molar-refractivity contribution in [3.8, 4) is 0 Å². The Bertz CT molecular complexity index is 864. The minimum absolute atomic E-state index is 0. The van der Waals surface area contributed by atoms with Crippen LogP contribution >= 0.6 is 12.4 Å². The maximum atomic E-state index is 13.7. The highest BCUT2D eigenvalue weighted by molar-refractivity contribution is 5.94. The van der Waals surface area contributed by atoms with Crippen molar-refractivity contribution in [3.63, 3.8) is 0 Å². The van der Waals surface area contributed by atoms with E-state index >= 15 is 0 Å². The maximum absolute atomic E-state index is 13.7. The van der Waals surface area contributed by atoms with Crippen molar-refractivity contribution in [1.82, 2.24) is 24.9 Å². The molecule has 4 rings (SSSR count). The van der Waals surface area contributed by atoms with Gasteiger partial charge in [0, 0.05) is 44.1 Å². The smallest absolute Gasteiger partial charge is 0.253 e. The molecule has 0 aliphatic carbocycles. The van der Waals surface area contributed by atoms with E-state index in [1.165, 1.54) is 0 Å². The van der Waals surface area contributed by atoms with E-state index in [1.807, 2.05) is 57.9 Å². The van der Waals surface area contributed by atoms with E-state index in [1.54, 1.807) is 6.20 Å². The van der Waals surface area contributed by atoms with Crippen LogP contribution < -0.4 is 5.32 Å². The summed E-state index contributed by atoms with van der Waals surface area (Å²) in [7, 11) is 0. The van der Waals surface area contributed by atoms with Gasteiger partial charge in [0.15, 0.2) is 0 Å². The second-order valence-corrected chi connectivity index (χ2v) is 8.04. The summed E-state index contributed by atoms with van der Waals surface area (Å²) in [4.78, 5) is 30.4. The molecule has 2 amide bonds. The van der Waals surface area contributed by atoms with Crippen LogP contribution in [0.3, 0.4) is 0 Å². The number of rotatable bonds is 3. The van der Waals surface area contributed by atoms with E-state index < -0.39 is 5.54 Å². The standard InChI is InChI=1S/C22H29N5O2.ClH/c1-18-5-2-6-19(17-18)20(28)25-12-4-13-26(16-15-25)21(29)22(7-10-23-11-8-22)27-14-3-9-24-27;/h2-3,5-6,9,14,17,23H,4,7-8,10-13,15-16H2,1H3;1H. The molecule has 3 heterocycles. The van der Waals surface area contributed by atoms with E-state index in [9.17, 15) is 9.59 Å². The lowest BCUT2D eigenvalue weighted by Crippen LogP contribution is -2.56. The molecule has 1 aromatic carbocycles. The topological polar surface area (TPSA) is 70.5 Å². The quantitative estimate of drug-likeness (QED) is 0.807. The first-order valence-electron chi connectivity index (χ1n) is 10.5. The summed E-state index contributed by atoms with van der Waals surface area (Å²) in [5, 5.41) is 7.77. The van der Waals surface area contributed by atoms with E-state index in [-0.39, 0.29) is 24.2 Å². The number of hydrogen-bond acceptors (Lipinski definition) is 4. The fourth-order valence-electron chi connectivity index (χ4n) is 4.48. The van der Waals surface area contributed by atoms with Crippen LogP contribution in [0.4, 0.5) is 0 Å². The molecule has 1 N–H and O–H groups in total. The maximum Gasteiger partial charge on any atom is 0.253 e. The number of aryl methyl sites for hydroxylation is 1. The fourth-order valence-corrected chi connectivity index (χ4v) is 4.48. The van der Waals surface area contributed by atoms with Crippen molar-refractivity contribution in [1.29, 1.82) is 0 Å². The molecule has 0 bridgehead atoms. The van der Waals surface area contributed by atoms with Gasteiger partial charge >= 0.3 is 0 Å². The molecule has 0 radical (unpaired) electrons. The van der Waals surface area contributed by atoms with Gasteiger partial charge in [-0.1, -0.05) is 17.7 Å². The zero-order chi connectivity index (χ0) is 20.3. The highest BCUT2D eigenvalue weighted by Crippen LogP contribution is 2.30. The number of halogens is 1. The first-order valence-corrected chi connectivity index (χ1v) is 10.5. The number of hydrogen-bond donors (Lipinski definition) is 1. The summed E-state index contributed by atoms with van der Waals surface area (Å²) in [6, 6.07) is 9.58. The van der Waals surface area contributed by atoms with Gasteiger partial charge in [0.25, 0.3) is 11.8 Å². The van der Waals surface area contributed by atoms with Crippen LogP contribution in [-0.2, 0) is 10.3 Å². The Morgan fingerprint density at radius 2 is 1.77 bits per heavy atom. The highest BCUT2D eigenvalue weighted by atomic mass is 35.5. The van der Waals surface area contributed by atoms with Gasteiger partial charge in [-0.25, -0.2) is 0 Å². The molecule has 0 unspecified atom stereocenters. The molecule has 162 valence electrons. The van der Waals surface area contributed by atoms with Crippen molar-refractivity contribution < 1.29 is 9.59 Å². The zero-order valence-corrected chi connectivity index (χ0v) is 18.2. The molecule has 2 saturated heterocycles. The predicted molar refractivity (Wildman–Crippen MR) is 118 cm³/mol. The number of benzene rings is 1. The number of amides is 2. The van der Waals surface area contributed by atoms with E-state index in [4.69, 9.17) is 0 Å². The zero-order valence-electron chi connectivity index (χ0n) is 17.4.